The second-order valence-corrected chi connectivity index (χ2v) is 11.2. The van der Waals surface area contributed by atoms with Gasteiger partial charge in [-0.05, 0) is 63.3 Å². The summed E-state index contributed by atoms with van der Waals surface area (Å²) in [6, 6.07) is 14.6. The third kappa shape index (κ3) is 9.15. The number of hydrogen-bond acceptors (Lipinski definition) is 5. The number of ether oxygens (including phenoxy) is 1. The highest BCUT2D eigenvalue weighted by atomic mass is 16.5. The van der Waals surface area contributed by atoms with E-state index in [1.807, 2.05) is 67.5 Å². The molecule has 0 saturated carbocycles. The van der Waals surface area contributed by atoms with E-state index in [1.165, 1.54) is 44.9 Å². The van der Waals surface area contributed by atoms with E-state index in [-0.39, 0.29) is 17.5 Å². The highest BCUT2D eigenvalue weighted by Crippen LogP contribution is 2.28. The number of likely N-dealkylation sites (N-methyl/N-ethyl adjacent to an activating group) is 1. The lowest BCUT2D eigenvalue weighted by molar-refractivity contribution is -0.134. The molecule has 1 aromatic heterocycles. The van der Waals surface area contributed by atoms with Gasteiger partial charge in [0.1, 0.15) is 11.6 Å². The number of carbonyl (C=O) groups is 1. The van der Waals surface area contributed by atoms with Gasteiger partial charge in [-0.2, -0.15) is 0 Å². The van der Waals surface area contributed by atoms with Crippen LogP contribution in [0.15, 0.2) is 53.3 Å². The number of unbranched alkanes of at least 4 members (excludes halogenated alkanes) is 8. The Balaban J connectivity index is 1.89. The quantitative estimate of drug-likeness (QED) is 0.154. The van der Waals surface area contributed by atoms with E-state index in [0.717, 1.165) is 19.4 Å². The number of amides is 1. The SMILES string of the molecule is CCCCCCCCCCCC(=O)N(CCN(C)C)C(CC)c1nc2ccccc2c(=O)n1-c1ccc(OC)cc1. The minimum absolute atomic E-state index is 0.130. The van der Waals surface area contributed by atoms with Crippen molar-refractivity contribution in [1.29, 1.82) is 0 Å². The predicted molar refractivity (Wildman–Crippen MR) is 169 cm³/mol. The van der Waals surface area contributed by atoms with Crippen LogP contribution in [0.2, 0.25) is 0 Å². The van der Waals surface area contributed by atoms with Crippen molar-refractivity contribution in [2.75, 3.05) is 34.3 Å². The van der Waals surface area contributed by atoms with Crippen LogP contribution in [0.4, 0.5) is 0 Å². The Hall–Kier alpha value is -3.19. The fraction of sp³-hybridized carbons (Fsp3) is 0.559. The highest BCUT2D eigenvalue weighted by Gasteiger charge is 2.29. The van der Waals surface area contributed by atoms with Gasteiger partial charge in [-0.25, -0.2) is 4.98 Å². The summed E-state index contributed by atoms with van der Waals surface area (Å²) in [5.41, 5.74) is 1.23. The van der Waals surface area contributed by atoms with E-state index < -0.39 is 0 Å². The second-order valence-electron chi connectivity index (χ2n) is 11.2. The van der Waals surface area contributed by atoms with Crippen molar-refractivity contribution < 1.29 is 9.53 Å². The molecule has 3 rings (SSSR count). The van der Waals surface area contributed by atoms with Gasteiger partial charge in [0, 0.05) is 19.5 Å². The van der Waals surface area contributed by atoms with Crippen molar-refractivity contribution in [2.45, 2.75) is 90.5 Å². The van der Waals surface area contributed by atoms with Crippen LogP contribution >= 0.6 is 0 Å². The molecule has 1 amide bonds. The van der Waals surface area contributed by atoms with Crippen molar-refractivity contribution in [3.8, 4) is 11.4 Å². The van der Waals surface area contributed by atoms with E-state index in [4.69, 9.17) is 9.72 Å². The smallest absolute Gasteiger partial charge is 0.266 e. The number of fused-ring (bicyclic) bond motifs is 1. The normalized spacial score (nSPS) is 12.1. The number of hydrogen-bond donors (Lipinski definition) is 0. The monoisotopic (exact) mass is 562 g/mol. The maximum Gasteiger partial charge on any atom is 0.266 e. The fourth-order valence-corrected chi connectivity index (χ4v) is 5.39. The Bertz CT molecular complexity index is 1270. The minimum atomic E-state index is -0.333. The average molecular weight is 563 g/mol. The third-order valence-corrected chi connectivity index (χ3v) is 7.80. The molecule has 0 spiro atoms. The van der Waals surface area contributed by atoms with E-state index in [1.54, 1.807) is 11.7 Å². The highest BCUT2D eigenvalue weighted by molar-refractivity contribution is 5.79. The van der Waals surface area contributed by atoms with Gasteiger partial charge in [0.25, 0.3) is 5.56 Å². The first-order valence-corrected chi connectivity index (χ1v) is 15.5. The molecule has 7 heteroatoms. The molecular formula is C34H50N4O3. The van der Waals surface area contributed by atoms with Gasteiger partial charge < -0.3 is 14.5 Å². The predicted octanol–water partition coefficient (Wildman–Crippen LogP) is 7.16. The Kier molecular flexibility index (Phi) is 13.3. The van der Waals surface area contributed by atoms with Crippen LogP contribution in [0, 0.1) is 0 Å². The van der Waals surface area contributed by atoms with Gasteiger partial charge in [0.2, 0.25) is 5.91 Å². The Morgan fingerprint density at radius 2 is 1.51 bits per heavy atom. The third-order valence-electron chi connectivity index (χ3n) is 7.80. The first kappa shape index (κ1) is 32.3. The number of methoxy groups -OCH3 is 1. The molecule has 1 unspecified atom stereocenters. The van der Waals surface area contributed by atoms with Crippen LogP contribution in [-0.2, 0) is 4.79 Å². The molecular weight excluding hydrogens is 512 g/mol. The number of aromatic nitrogens is 2. The molecule has 0 aliphatic heterocycles. The maximum atomic E-state index is 13.9. The Morgan fingerprint density at radius 1 is 0.878 bits per heavy atom. The van der Waals surface area contributed by atoms with Crippen molar-refractivity contribution >= 4 is 16.8 Å². The van der Waals surface area contributed by atoms with E-state index in [9.17, 15) is 9.59 Å². The maximum absolute atomic E-state index is 13.9. The first-order chi connectivity index (χ1) is 19.9. The van der Waals surface area contributed by atoms with Crippen LogP contribution in [0.25, 0.3) is 16.6 Å². The van der Waals surface area contributed by atoms with Crippen molar-refractivity contribution in [3.63, 3.8) is 0 Å². The Labute approximate surface area is 246 Å². The van der Waals surface area contributed by atoms with Crippen LogP contribution < -0.4 is 10.3 Å². The standard InChI is InChI=1S/C34H50N4O3/c1-6-8-9-10-11-12-13-14-15-20-32(39)37(26-25-36(3)4)31(7-2)33-35-30-19-17-16-18-29(30)34(40)38(33)27-21-23-28(41-5)24-22-27/h16-19,21-24,31H,6-15,20,25-26H2,1-5H3. The lowest BCUT2D eigenvalue weighted by atomic mass is 10.1. The van der Waals surface area contributed by atoms with Gasteiger partial charge in [-0.1, -0.05) is 77.3 Å². The summed E-state index contributed by atoms with van der Waals surface area (Å²) in [5.74, 6) is 1.44. The number of nitrogens with zero attached hydrogens (tertiary/aromatic N) is 4. The molecule has 224 valence electrons. The molecule has 2 aromatic carbocycles. The van der Waals surface area contributed by atoms with Crippen molar-refractivity contribution in [1.82, 2.24) is 19.4 Å². The van der Waals surface area contributed by atoms with Gasteiger partial charge in [-0.3, -0.25) is 14.2 Å². The average Bonchev–Trinajstić information content (AvgIpc) is 2.98. The topological polar surface area (TPSA) is 67.7 Å². The molecule has 7 nitrogen and oxygen atoms in total. The fourth-order valence-electron chi connectivity index (χ4n) is 5.39. The van der Waals surface area contributed by atoms with Gasteiger partial charge in [0.05, 0.1) is 29.7 Å². The zero-order chi connectivity index (χ0) is 29.6. The zero-order valence-corrected chi connectivity index (χ0v) is 25.9. The first-order valence-electron chi connectivity index (χ1n) is 15.5. The second kappa shape index (κ2) is 16.9. The number of rotatable bonds is 18. The molecule has 0 fully saturated rings. The largest absolute Gasteiger partial charge is 0.497 e. The summed E-state index contributed by atoms with van der Waals surface area (Å²) in [7, 11) is 5.66. The molecule has 0 N–H and O–H groups in total. The van der Waals surface area contributed by atoms with E-state index >= 15 is 0 Å². The van der Waals surface area contributed by atoms with Crippen LogP contribution in [-0.4, -0.2) is 59.6 Å². The van der Waals surface area contributed by atoms with Crippen LogP contribution in [0.1, 0.15) is 96.3 Å². The summed E-state index contributed by atoms with van der Waals surface area (Å²) in [6.45, 7) is 5.63. The number of carbonyl (C=O) groups excluding carboxylic acids is 1. The molecule has 41 heavy (non-hydrogen) atoms. The van der Waals surface area contributed by atoms with E-state index in [2.05, 4.69) is 18.7 Å². The summed E-state index contributed by atoms with van der Waals surface area (Å²) in [6.07, 6.45) is 12.1. The molecule has 1 heterocycles. The van der Waals surface area contributed by atoms with Gasteiger partial charge >= 0.3 is 0 Å². The summed E-state index contributed by atoms with van der Waals surface area (Å²) >= 11 is 0. The summed E-state index contributed by atoms with van der Waals surface area (Å²) < 4.78 is 7.04. The van der Waals surface area contributed by atoms with Crippen molar-refractivity contribution in [2.24, 2.45) is 0 Å². The molecule has 0 bridgehead atoms. The zero-order valence-electron chi connectivity index (χ0n) is 25.9. The molecule has 0 aliphatic carbocycles. The summed E-state index contributed by atoms with van der Waals surface area (Å²) in [5, 5.41) is 0.558. The van der Waals surface area contributed by atoms with Gasteiger partial charge in [-0.15, -0.1) is 0 Å². The van der Waals surface area contributed by atoms with Crippen LogP contribution in [0.3, 0.4) is 0 Å². The molecule has 0 aliphatic rings. The van der Waals surface area contributed by atoms with E-state index in [0.29, 0.717) is 47.6 Å². The lowest BCUT2D eigenvalue weighted by Crippen LogP contribution is -2.41. The molecule has 1 atom stereocenters. The molecule has 3 aromatic rings. The lowest BCUT2D eigenvalue weighted by Gasteiger charge is -2.33. The minimum Gasteiger partial charge on any atom is -0.497 e. The molecule has 0 saturated heterocycles. The molecule has 0 radical (unpaired) electrons. The van der Waals surface area contributed by atoms with Gasteiger partial charge in [0.15, 0.2) is 0 Å². The van der Waals surface area contributed by atoms with Crippen molar-refractivity contribution in [3.05, 3.63) is 64.7 Å². The number of benzene rings is 2. The Morgan fingerprint density at radius 3 is 2.12 bits per heavy atom. The summed E-state index contributed by atoms with van der Waals surface area (Å²) in [4.78, 5) is 36.8. The van der Waals surface area contributed by atoms with Crippen LogP contribution in [0.5, 0.6) is 5.75 Å². The number of para-hydroxylation sites is 1.